The van der Waals surface area contributed by atoms with Gasteiger partial charge in [0.25, 0.3) is 5.69 Å². The quantitative estimate of drug-likeness (QED) is 0.437. The second-order valence-electron chi connectivity index (χ2n) is 4.38. The standard InChI is InChI=1S/C13H10N2O8S/c1-22-10-3-5-11(6-4-10)24(20,21)23-13-7-2-9(14(16)17)8-12(13)15(18)19/h2-8H,1H3. The van der Waals surface area contributed by atoms with Crippen LogP contribution in [0.15, 0.2) is 47.4 Å². The van der Waals surface area contributed by atoms with Gasteiger partial charge in [0, 0.05) is 6.07 Å². The summed E-state index contributed by atoms with van der Waals surface area (Å²) in [6.45, 7) is 0. The average molecular weight is 354 g/mol. The molecule has 24 heavy (non-hydrogen) atoms. The van der Waals surface area contributed by atoms with Crippen molar-refractivity contribution in [3.63, 3.8) is 0 Å². The van der Waals surface area contributed by atoms with E-state index in [4.69, 9.17) is 8.92 Å². The Morgan fingerprint density at radius 1 is 0.958 bits per heavy atom. The molecule has 0 heterocycles. The number of benzene rings is 2. The van der Waals surface area contributed by atoms with Crippen LogP contribution in [0.2, 0.25) is 0 Å². The largest absolute Gasteiger partial charge is 0.497 e. The lowest BCUT2D eigenvalue weighted by Gasteiger charge is -2.08. The highest BCUT2D eigenvalue weighted by Gasteiger charge is 2.26. The second kappa shape index (κ2) is 6.50. The first kappa shape index (κ1) is 17.1. The summed E-state index contributed by atoms with van der Waals surface area (Å²) in [6, 6.07) is 7.54. The maximum atomic E-state index is 12.2. The zero-order chi connectivity index (χ0) is 17.9. The van der Waals surface area contributed by atoms with Gasteiger partial charge in [-0.1, -0.05) is 0 Å². The number of nitro benzene ring substituents is 2. The molecule has 2 aromatic carbocycles. The Hall–Kier alpha value is -3.21. The van der Waals surface area contributed by atoms with E-state index in [0.29, 0.717) is 11.8 Å². The maximum Gasteiger partial charge on any atom is 0.339 e. The third kappa shape index (κ3) is 3.57. The molecule has 0 bridgehead atoms. The van der Waals surface area contributed by atoms with Crippen molar-refractivity contribution < 1.29 is 27.2 Å². The van der Waals surface area contributed by atoms with Crippen LogP contribution in [0.4, 0.5) is 11.4 Å². The van der Waals surface area contributed by atoms with E-state index in [1.165, 1.54) is 31.4 Å². The molecule has 0 aliphatic heterocycles. The lowest BCUT2D eigenvalue weighted by atomic mass is 10.2. The highest BCUT2D eigenvalue weighted by Crippen LogP contribution is 2.33. The van der Waals surface area contributed by atoms with E-state index in [9.17, 15) is 28.6 Å². The predicted molar refractivity (Wildman–Crippen MR) is 80.6 cm³/mol. The molecule has 10 nitrogen and oxygen atoms in total. The van der Waals surface area contributed by atoms with E-state index in [1.54, 1.807) is 0 Å². The van der Waals surface area contributed by atoms with Crippen molar-refractivity contribution in [3.8, 4) is 11.5 Å². The van der Waals surface area contributed by atoms with Crippen LogP contribution in [0.5, 0.6) is 11.5 Å². The fourth-order valence-corrected chi connectivity index (χ4v) is 2.68. The van der Waals surface area contributed by atoms with Crippen LogP contribution < -0.4 is 8.92 Å². The molecule has 2 rings (SSSR count). The van der Waals surface area contributed by atoms with Crippen molar-refractivity contribution in [2.24, 2.45) is 0 Å². The lowest BCUT2D eigenvalue weighted by Crippen LogP contribution is -2.11. The fourth-order valence-electron chi connectivity index (χ4n) is 1.74. The Kier molecular flexibility index (Phi) is 4.64. The summed E-state index contributed by atoms with van der Waals surface area (Å²) in [5.41, 5.74) is -1.39. The molecule has 0 aliphatic carbocycles. The fraction of sp³-hybridized carbons (Fsp3) is 0.0769. The first-order valence-electron chi connectivity index (χ1n) is 6.26. The van der Waals surface area contributed by atoms with Gasteiger partial charge in [0.15, 0.2) is 0 Å². The van der Waals surface area contributed by atoms with Crippen LogP contribution in [0.1, 0.15) is 0 Å². The molecule has 0 fully saturated rings. The van der Waals surface area contributed by atoms with Gasteiger partial charge >= 0.3 is 15.8 Å². The van der Waals surface area contributed by atoms with E-state index in [2.05, 4.69) is 0 Å². The minimum atomic E-state index is -4.36. The van der Waals surface area contributed by atoms with E-state index in [1.807, 2.05) is 0 Å². The van der Waals surface area contributed by atoms with Gasteiger partial charge in [0.05, 0.1) is 23.0 Å². The summed E-state index contributed by atoms with van der Waals surface area (Å²) >= 11 is 0. The first-order valence-corrected chi connectivity index (χ1v) is 7.67. The van der Waals surface area contributed by atoms with E-state index < -0.39 is 37.1 Å². The molecule has 11 heteroatoms. The van der Waals surface area contributed by atoms with Gasteiger partial charge in [-0.25, -0.2) is 0 Å². The van der Waals surface area contributed by atoms with Gasteiger partial charge in [-0.15, -0.1) is 0 Å². The minimum absolute atomic E-state index is 0.254. The molecule has 0 radical (unpaired) electrons. The molecule has 0 saturated carbocycles. The normalized spacial score (nSPS) is 10.9. The zero-order valence-corrected chi connectivity index (χ0v) is 12.9. The molecule has 126 valence electrons. The van der Waals surface area contributed by atoms with Gasteiger partial charge in [-0.3, -0.25) is 20.2 Å². The minimum Gasteiger partial charge on any atom is -0.497 e. The van der Waals surface area contributed by atoms with Crippen molar-refractivity contribution in [2.75, 3.05) is 7.11 Å². The summed E-state index contributed by atoms with van der Waals surface area (Å²) in [6.07, 6.45) is 0. The average Bonchev–Trinajstić information content (AvgIpc) is 2.54. The Labute approximate surface area is 135 Å². The van der Waals surface area contributed by atoms with E-state index >= 15 is 0 Å². The molecule has 0 spiro atoms. The number of rotatable bonds is 6. The van der Waals surface area contributed by atoms with Crippen LogP contribution in [0.3, 0.4) is 0 Å². The molecular weight excluding hydrogens is 344 g/mol. The topological polar surface area (TPSA) is 139 Å². The third-order valence-corrected chi connectivity index (χ3v) is 4.15. The van der Waals surface area contributed by atoms with Gasteiger partial charge < -0.3 is 8.92 Å². The summed E-state index contributed by atoms with van der Waals surface area (Å²) in [5, 5.41) is 21.7. The van der Waals surface area contributed by atoms with Gasteiger partial charge in [-0.2, -0.15) is 8.42 Å². The highest BCUT2D eigenvalue weighted by molar-refractivity contribution is 7.87. The van der Waals surface area contributed by atoms with Crippen LogP contribution in [0, 0.1) is 20.2 Å². The molecule has 0 aromatic heterocycles. The number of hydrogen-bond donors (Lipinski definition) is 0. The highest BCUT2D eigenvalue weighted by atomic mass is 32.2. The first-order chi connectivity index (χ1) is 11.2. The van der Waals surface area contributed by atoms with Crippen molar-refractivity contribution in [2.45, 2.75) is 4.90 Å². The van der Waals surface area contributed by atoms with Crippen molar-refractivity contribution in [1.82, 2.24) is 0 Å². The summed E-state index contributed by atoms with van der Waals surface area (Å²) in [5.74, 6) is -0.211. The molecule has 0 aliphatic rings. The van der Waals surface area contributed by atoms with Crippen molar-refractivity contribution in [3.05, 3.63) is 62.7 Å². The summed E-state index contributed by atoms with van der Waals surface area (Å²) in [4.78, 5) is 19.6. The van der Waals surface area contributed by atoms with Gasteiger partial charge in [-0.05, 0) is 30.3 Å². The molecule has 0 atom stereocenters. The Morgan fingerprint density at radius 3 is 2.08 bits per heavy atom. The molecule has 0 N–H and O–H groups in total. The van der Waals surface area contributed by atoms with E-state index in [0.717, 1.165) is 12.1 Å². The Morgan fingerprint density at radius 2 is 1.58 bits per heavy atom. The maximum absolute atomic E-state index is 12.2. The smallest absolute Gasteiger partial charge is 0.339 e. The van der Waals surface area contributed by atoms with Crippen molar-refractivity contribution in [1.29, 1.82) is 0 Å². The molecule has 2 aromatic rings. The Bertz CT molecular complexity index is 893. The third-order valence-electron chi connectivity index (χ3n) is 2.90. The molecule has 0 unspecified atom stereocenters. The molecule has 0 saturated heterocycles. The number of nitrogens with zero attached hydrogens (tertiary/aromatic N) is 2. The van der Waals surface area contributed by atoms with Gasteiger partial charge in [0.1, 0.15) is 10.6 Å². The van der Waals surface area contributed by atoms with Crippen LogP contribution >= 0.6 is 0 Å². The number of nitro groups is 2. The summed E-state index contributed by atoms with van der Waals surface area (Å²) < 4.78 is 34.0. The SMILES string of the molecule is COc1ccc(S(=O)(=O)Oc2ccc([N+](=O)[O-])cc2[N+](=O)[O-])cc1. The van der Waals surface area contributed by atoms with Crippen LogP contribution in [-0.2, 0) is 10.1 Å². The van der Waals surface area contributed by atoms with Crippen LogP contribution in [-0.4, -0.2) is 25.4 Å². The number of hydrogen-bond acceptors (Lipinski definition) is 8. The zero-order valence-electron chi connectivity index (χ0n) is 12.1. The molecule has 0 amide bonds. The monoisotopic (exact) mass is 354 g/mol. The number of methoxy groups -OCH3 is 1. The van der Waals surface area contributed by atoms with Crippen LogP contribution in [0.25, 0.3) is 0 Å². The Balaban J connectivity index is 2.41. The number of non-ortho nitro benzene ring substituents is 1. The molecular formula is C13H10N2O8S. The predicted octanol–water partition coefficient (Wildman–Crippen LogP) is 2.28. The van der Waals surface area contributed by atoms with E-state index in [-0.39, 0.29) is 4.90 Å². The summed E-state index contributed by atoms with van der Waals surface area (Å²) in [7, 11) is -2.95. The van der Waals surface area contributed by atoms with Gasteiger partial charge in [0.2, 0.25) is 5.75 Å². The second-order valence-corrected chi connectivity index (χ2v) is 5.93. The van der Waals surface area contributed by atoms with Crippen molar-refractivity contribution >= 4 is 21.5 Å². The number of ether oxygens (including phenoxy) is 1. The lowest BCUT2D eigenvalue weighted by molar-refractivity contribution is -0.394.